The molecule has 0 atom stereocenters. The summed E-state index contributed by atoms with van der Waals surface area (Å²) in [6.07, 6.45) is 4.06. The molecule has 0 unspecified atom stereocenters. The standard InChI is InChI=1S/C12H12FNO4S/c1-19(17,18)9-4-3-8(11(16)10(9)13)12(14-7-15)5-2-6-12/h3-4,16H,2,5-6H2,1H3. The van der Waals surface area contributed by atoms with Gasteiger partial charge in [0, 0.05) is 11.8 Å². The van der Waals surface area contributed by atoms with Crippen LogP contribution in [-0.4, -0.2) is 25.9 Å². The topological polar surface area (TPSA) is 83.8 Å². The maximum Gasteiger partial charge on any atom is 0.235 e. The lowest BCUT2D eigenvalue weighted by atomic mass is 9.72. The molecule has 102 valence electrons. The van der Waals surface area contributed by atoms with Crippen molar-refractivity contribution in [2.75, 3.05) is 6.26 Å². The van der Waals surface area contributed by atoms with Gasteiger partial charge in [-0.25, -0.2) is 17.6 Å². The highest BCUT2D eigenvalue weighted by Gasteiger charge is 2.42. The summed E-state index contributed by atoms with van der Waals surface area (Å²) in [7, 11) is -3.76. The van der Waals surface area contributed by atoms with E-state index in [4.69, 9.17) is 0 Å². The number of aromatic hydroxyl groups is 1. The minimum Gasteiger partial charge on any atom is -0.505 e. The number of aliphatic imine (C=N–C) groups is 1. The normalized spacial score (nSPS) is 17.4. The number of hydrogen-bond donors (Lipinski definition) is 1. The minimum absolute atomic E-state index is 0.131. The van der Waals surface area contributed by atoms with E-state index >= 15 is 0 Å². The third kappa shape index (κ3) is 2.15. The van der Waals surface area contributed by atoms with Crippen molar-refractivity contribution in [1.82, 2.24) is 0 Å². The fraction of sp³-hybridized carbons (Fsp3) is 0.417. The molecule has 1 aromatic rings. The van der Waals surface area contributed by atoms with Gasteiger partial charge in [0.15, 0.2) is 21.4 Å². The van der Waals surface area contributed by atoms with E-state index < -0.39 is 31.8 Å². The second-order valence-corrected chi connectivity index (χ2v) is 6.62. The van der Waals surface area contributed by atoms with Crippen molar-refractivity contribution >= 4 is 15.9 Å². The number of carbonyl (C=O) groups excluding carboxylic acids is 1. The molecule has 1 fully saturated rings. The van der Waals surface area contributed by atoms with Crippen molar-refractivity contribution in [1.29, 1.82) is 0 Å². The lowest BCUT2D eigenvalue weighted by molar-refractivity contribution is 0.244. The van der Waals surface area contributed by atoms with Crippen molar-refractivity contribution in [2.45, 2.75) is 29.7 Å². The van der Waals surface area contributed by atoms with Crippen LogP contribution in [-0.2, 0) is 20.2 Å². The summed E-state index contributed by atoms with van der Waals surface area (Å²) in [4.78, 5) is 13.5. The van der Waals surface area contributed by atoms with E-state index in [0.29, 0.717) is 12.8 Å². The molecule has 7 heteroatoms. The summed E-state index contributed by atoms with van der Waals surface area (Å²) in [5.74, 6) is -1.96. The van der Waals surface area contributed by atoms with E-state index in [1.165, 1.54) is 12.1 Å². The minimum atomic E-state index is -3.76. The molecular formula is C12H12FNO4S. The first-order chi connectivity index (χ1) is 8.82. The Kier molecular flexibility index (Phi) is 3.20. The lowest BCUT2D eigenvalue weighted by Crippen LogP contribution is -2.32. The second-order valence-electron chi connectivity index (χ2n) is 4.63. The van der Waals surface area contributed by atoms with Crippen LogP contribution in [0, 0.1) is 5.82 Å². The number of phenolic OH excluding ortho intramolecular Hbond substituents is 1. The molecule has 2 rings (SSSR count). The van der Waals surface area contributed by atoms with Gasteiger partial charge >= 0.3 is 0 Å². The summed E-state index contributed by atoms with van der Waals surface area (Å²) in [6, 6.07) is 2.38. The van der Waals surface area contributed by atoms with Gasteiger partial charge in [0.25, 0.3) is 0 Å². The van der Waals surface area contributed by atoms with Crippen molar-refractivity contribution < 1.29 is 22.7 Å². The molecule has 1 aliphatic rings. The molecule has 0 radical (unpaired) electrons. The zero-order valence-electron chi connectivity index (χ0n) is 10.2. The van der Waals surface area contributed by atoms with Crippen LogP contribution in [0.15, 0.2) is 22.0 Å². The van der Waals surface area contributed by atoms with Gasteiger partial charge in [-0.1, -0.05) is 6.07 Å². The van der Waals surface area contributed by atoms with E-state index in [1.807, 2.05) is 0 Å². The van der Waals surface area contributed by atoms with Gasteiger partial charge in [-0.3, -0.25) is 0 Å². The summed E-state index contributed by atoms with van der Waals surface area (Å²) in [5, 5.41) is 9.84. The van der Waals surface area contributed by atoms with E-state index in [0.717, 1.165) is 18.7 Å². The van der Waals surface area contributed by atoms with Gasteiger partial charge in [0.05, 0.1) is 0 Å². The number of rotatable bonds is 3. The summed E-state index contributed by atoms with van der Waals surface area (Å²) < 4.78 is 36.6. The van der Waals surface area contributed by atoms with Crippen LogP contribution in [0.5, 0.6) is 5.75 Å². The van der Waals surface area contributed by atoms with Gasteiger partial charge < -0.3 is 5.11 Å². The molecule has 0 aromatic heterocycles. The van der Waals surface area contributed by atoms with E-state index in [-0.39, 0.29) is 5.56 Å². The molecule has 0 aliphatic heterocycles. The first kappa shape index (κ1) is 13.7. The number of phenols is 1. The molecule has 0 spiro atoms. The highest BCUT2D eigenvalue weighted by atomic mass is 32.2. The maximum atomic E-state index is 13.9. The van der Waals surface area contributed by atoms with Crippen molar-refractivity contribution in [3.8, 4) is 5.75 Å². The van der Waals surface area contributed by atoms with Crippen molar-refractivity contribution in [3.05, 3.63) is 23.5 Å². The van der Waals surface area contributed by atoms with Crippen LogP contribution in [0.25, 0.3) is 0 Å². The average Bonchev–Trinajstić information content (AvgIpc) is 2.26. The molecule has 0 bridgehead atoms. The number of sulfone groups is 1. The van der Waals surface area contributed by atoms with Crippen LogP contribution in [0.3, 0.4) is 0 Å². The van der Waals surface area contributed by atoms with E-state index in [1.54, 1.807) is 0 Å². The van der Waals surface area contributed by atoms with E-state index in [9.17, 15) is 22.7 Å². The number of nitrogens with zero attached hydrogens (tertiary/aromatic N) is 1. The van der Waals surface area contributed by atoms with Crippen LogP contribution in [0.2, 0.25) is 0 Å². The number of hydrogen-bond acceptors (Lipinski definition) is 5. The fourth-order valence-electron chi connectivity index (χ4n) is 2.25. The van der Waals surface area contributed by atoms with Crippen LogP contribution < -0.4 is 0 Å². The highest BCUT2D eigenvalue weighted by molar-refractivity contribution is 7.90. The van der Waals surface area contributed by atoms with Gasteiger partial charge in [0.2, 0.25) is 6.08 Å². The monoisotopic (exact) mass is 285 g/mol. The molecular weight excluding hydrogens is 273 g/mol. The second kappa shape index (κ2) is 4.43. The van der Waals surface area contributed by atoms with Crippen LogP contribution in [0.4, 0.5) is 4.39 Å². The van der Waals surface area contributed by atoms with Crippen LogP contribution in [0.1, 0.15) is 24.8 Å². The Labute approximate surface area is 109 Å². The largest absolute Gasteiger partial charge is 0.505 e. The third-order valence-corrected chi connectivity index (χ3v) is 4.54. The highest BCUT2D eigenvalue weighted by Crippen LogP contribution is 2.48. The Bertz CT molecular complexity index is 673. The lowest BCUT2D eigenvalue weighted by Gasteiger charge is -2.37. The smallest absolute Gasteiger partial charge is 0.235 e. The van der Waals surface area contributed by atoms with Crippen molar-refractivity contribution in [3.63, 3.8) is 0 Å². The molecule has 0 heterocycles. The SMILES string of the molecule is CS(=O)(=O)c1ccc(C2(N=C=O)CCC2)c(O)c1F. The number of halogens is 1. The third-order valence-electron chi connectivity index (χ3n) is 3.42. The number of benzene rings is 1. The Morgan fingerprint density at radius 2 is 2.05 bits per heavy atom. The quantitative estimate of drug-likeness (QED) is 0.676. The van der Waals surface area contributed by atoms with Gasteiger partial charge in [0.1, 0.15) is 10.4 Å². The predicted molar refractivity (Wildman–Crippen MR) is 64.8 cm³/mol. The molecule has 0 amide bonds. The van der Waals surface area contributed by atoms with Gasteiger partial charge in [-0.05, 0) is 25.3 Å². The zero-order valence-corrected chi connectivity index (χ0v) is 11.0. The van der Waals surface area contributed by atoms with Crippen LogP contribution >= 0.6 is 0 Å². The summed E-state index contributed by atoms with van der Waals surface area (Å²) >= 11 is 0. The predicted octanol–water partition coefficient (Wildman–Crippen LogP) is 1.65. The molecule has 0 saturated heterocycles. The Morgan fingerprint density at radius 1 is 1.42 bits per heavy atom. The van der Waals surface area contributed by atoms with Crippen molar-refractivity contribution in [2.24, 2.45) is 4.99 Å². The molecule has 1 aromatic carbocycles. The Morgan fingerprint density at radius 3 is 2.47 bits per heavy atom. The summed E-state index contributed by atoms with van der Waals surface area (Å²) in [6.45, 7) is 0. The Hall–Kier alpha value is -1.72. The summed E-state index contributed by atoms with van der Waals surface area (Å²) in [5.41, 5.74) is -0.838. The molecule has 1 saturated carbocycles. The number of isocyanates is 1. The molecule has 1 N–H and O–H groups in total. The first-order valence-corrected chi connectivity index (χ1v) is 7.52. The molecule has 5 nitrogen and oxygen atoms in total. The fourth-order valence-corrected chi connectivity index (χ4v) is 2.99. The molecule has 1 aliphatic carbocycles. The maximum absolute atomic E-state index is 13.9. The average molecular weight is 285 g/mol. The van der Waals surface area contributed by atoms with E-state index in [2.05, 4.69) is 4.99 Å². The zero-order chi connectivity index (χ0) is 14.3. The van der Waals surface area contributed by atoms with Gasteiger partial charge in [-0.15, -0.1) is 0 Å². The van der Waals surface area contributed by atoms with Gasteiger partial charge in [-0.2, -0.15) is 4.99 Å². The molecule has 19 heavy (non-hydrogen) atoms. The first-order valence-electron chi connectivity index (χ1n) is 5.63. The Balaban J connectivity index is 2.63.